The zero-order chi connectivity index (χ0) is 15.5. The van der Waals surface area contributed by atoms with E-state index in [2.05, 4.69) is 33.1 Å². The molecule has 0 saturated heterocycles. The lowest BCUT2D eigenvalue weighted by Crippen LogP contribution is -2.48. The van der Waals surface area contributed by atoms with Crippen molar-refractivity contribution >= 4 is 0 Å². The van der Waals surface area contributed by atoms with Crippen molar-refractivity contribution in [2.24, 2.45) is 34.9 Å². The molecule has 3 unspecified atom stereocenters. The first kappa shape index (κ1) is 17.3. The standard InChI is InChI=1S/C19H38N2/c1-5-14-7-6-8-16(13-14)18(21-20)15-9-11-17(12-10-15)19(2,3)4/h14-18,21H,5-13,20H2,1-4H3. The first-order chi connectivity index (χ1) is 9.95. The Balaban J connectivity index is 1.90. The molecule has 2 aliphatic carbocycles. The van der Waals surface area contributed by atoms with E-state index in [1.165, 1.54) is 57.8 Å². The molecule has 0 aromatic carbocycles. The molecule has 0 radical (unpaired) electrons. The van der Waals surface area contributed by atoms with Gasteiger partial charge in [0.05, 0.1) is 0 Å². The van der Waals surface area contributed by atoms with Crippen LogP contribution >= 0.6 is 0 Å². The molecule has 2 heteroatoms. The Labute approximate surface area is 132 Å². The number of hydrazine groups is 1. The molecule has 0 aromatic heterocycles. The number of hydrogen-bond donors (Lipinski definition) is 2. The van der Waals surface area contributed by atoms with E-state index in [0.29, 0.717) is 11.5 Å². The summed E-state index contributed by atoms with van der Waals surface area (Å²) in [5, 5.41) is 0. The summed E-state index contributed by atoms with van der Waals surface area (Å²) >= 11 is 0. The van der Waals surface area contributed by atoms with Gasteiger partial charge in [-0.05, 0) is 67.6 Å². The highest BCUT2D eigenvalue weighted by Crippen LogP contribution is 2.43. The minimum Gasteiger partial charge on any atom is -0.271 e. The fraction of sp³-hybridized carbons (Fsp3) is 1.00. The van der Waals surface area contributed by atoms with Crippen molar-refractivity contribution in [3.8, 4) is 0 Å². The van der Waals surface area contributed by atoms with E-state index < -0.39 is 0 Å². The van der Waals surface area contributed by atoms with E-state index in [1.54, 1.807) is 0 Å². The molecule has 0 aromatic rings. The maximum Gasteiger partial charge on any atom is 0.0267 e. The minimum atomic E-state index is 0.481. The Morgan fingerprint density at radius 1 is 1.00 bits per heavy atom. The third kappa shape index (κ3) is 4.45. The van der Waals surface area contributed by atoms with Crippen LogP contribution in [0, 0.1) is 29.1 Å². The summed E-state index contributed by atoms with van der Waals surface area (Å²) in [5.41, 5.74) is 3.72. The zero-order valence-corrected chi connectivity index (χ0v) is 14.8. The Morgan fingerprint density at radius 3 is 2.19 bits per heavy atom. The summed E-state index contributed by atoms with van der Waals surface area (Å²) in [6.45, 7) is 9.57. The van der Waals surface area contributed by atoms with Crippen LogP contribution in [0.2, 0.25) is 0 Å². The lowest BCUT2D eigenvalue weighted by atomic mass is 9.65. The van der Waals surface area contributed by atoms with Crippen LogP contribution in [0.3, 0.4) is 0 Å². The van der Waals surface area contributed by atoms with Crippen molar-refractivity contribution in [2.75, 3.05) is 0 Å². The van der Waals surface area contributed by atoms with E-state index >= 15 is 0 Å². The highest BCUT2D eigenvalue weighted by molar-refractivity contribution is 4.90. The highest BCUT2D eigenvalue weighted by atomic mass is 15.2. The molecule has 2 aliphatic rings. The van der Waals surface area contributed by atoms with E-state index in [0.717, 1.165) is 23.7 Å². The lowest BCUT2D eigenvalue weighted by Gasteiger charge is -2.43. The maximum absolute atomic E-state index is 5.99. The van der Waals surface area contributed by atoms with Gasteiger partial charge in [-0.2, -0.15) is 0 Å². The molecule has 2 fully saturated rings. The summed E-state index contributed by atoms with van der Waals surface area (Å²) in [4.78, 5) is 0. The summed E-state index contributed by atoms with van der Waals surface area (Å²) in [6.07, 6.45) is 12.6. The SMILES string of the molecule is CCC1CCCC(C(NN)C2CCC(C(C)(C)C)CC2)C1. The van der Waals surface area contributed by atoms with Gasteiger partial charge in [0, 0.05) is 6.04 Å². The molecule has 0 amide bonds. The summed E-state index contributed by atoms with van der Waals surface area (Å²) in [5.74, 6) is 9.48. The van der Waals surface area contributed by atoms with E-state index in [9.17, 15) is 0 Å². The van der Waals surface area contributed by atoms with Gasteiger partial charge in [-0.1, -0.05) is 47.0 Å². The minimum absolute atomic E-state index is 0.481. The lowest BCUT2D eigenvalue weighted by molar-refractivity contribution is 0.0978. The molecule has 21 heavy (non-hydrogen) atoms. The summed E-state index contributed by atoms with van der Waals surface area (Å²) in [6, 6.07) is 0.570. The zero-order valence-electron chi connectivity index (χ0n) is 14.8. The van der Waals surface area contributed by atoms with Gasteiger partial charge in [0.2, 0.25) is 0 Å². The third-order valence-corrected chi connectivity index (χ3v) is 6.61. The fourth-order valence-electron chi connectivity index (χ4n) is 5.03. The smallest absolute Gasteiger partial charge is 0.0267 e. The first-order valence-corrected chi connectivity index (χ1v) is 9.41. The van der Waals surface area contributed by atoms with Crippen LogP contribution in [-0.4, -0.2) is 6.04 Å². The molecule has 0 aliphatic heterocycles. The van der Waals surface area contributed by atoms with Crippen molar-refractivity contribution in [3.05, 3.63) is 0 Å². The van der Waals surface area contributed by atoms with Crippen LogP contribution in [0.25, 0.3) is 0 Å². The first-order valence-electron chi connectivity index (χ1n) is 9.41. The van der Waals surface area contributed by atoms with Crippen LogP contribution in [0.5, 0.6) is 0 Å². The molecule has 2 rings (SSSR count). The van der Waals surface area contributed by atoms with Crippen LogP contribution in [-0.2, 0) is 0 Å². The Bertz CT molecular complexity index is 299. The number of nitrogens with one attached hydrogen (secondary N) is 1. The van der Waals surface area contributed by atoms with Gasteiger partial charge < -0.3 is 0 Å². The average molecular weight is 295 g/mol. The molecule has 124 valence electrons. The van der Waals surface area contributed by atoms with Crippen molar-refractivity contribution in [1.82, 2.24) is 5.43 Å². The van der Waals surface area contributed by atoms with Crippen LogP contribution in [0.4, 0.5) is 0 Å². The molecule has 0 heterocycles. The predicted octanol–water partition coefficient (Wildman–Crippen LogP) is 4.89. The van der Waals surface area contributed by atoms with Gasteiger partial charge >= 0.3 is 0 Å². The van der Waals surface area contributed by atoms with Crippen molar-refractivity contribution < 1.29 is 0 Å². The van der Waals surface area contributed by atoms with Gasteiger partial charge in [0.1, 0.15) is 0 Å². The second-order valence-electron chi connectivity index (χ2n) is 8.87. The maximum atomic E-state index is 5.99. The van der Waals surface area contributed by atoms with E-state index in [-0.39, 0.29) is 0 Å². The van der Waals surface area contributed by atoms with Crippen molar-refractivity contribution in [1.29, 1.82) is 0 Å². The summed E-state index contributed by atoms with van der Waals surface area (Å²) < 4.78 is 0. The highest BCUT2D eigenvalue weighted by Gasteiger charge is 2.36. The normalized spacial score (nSPS) is 36.4. The molecule has 0 bridgehead atoms. The molecule has 2 saturated carbocycles. The molecule has 2 nitrogen and oxygen atoms in total. The van der Waals surface area contributed by atoms with Crippen molar-refractivity contribution in [2.45, 2.75) is 91.5 Å². The molecule has 3 N–H and O–H groups in total. The number of nitrogens with two attached hydrogens (primary N) is 1. The molecule has 3 atom stereocenters. The second kappa shape index (κ2) is 7.46. The Morgan fingerprint density at radius 2 is 1.67 bits per heavy atom. The second-order valence-corrected chi connectivity index (χ2v) is 8.87. The van der Waals surface area contributed by atoms with Crippen LogP contribution in [0.1, 0.15) is 85.5 Å². The van der Waals surface area contributed by atoms with Gasteiger partial charge in [0.25, 0.3) is 0 Å². The van der Waals surface area contributed by atoms with Crippen LogP contribution in [0.15, 0.2) is 0 Å². The fourth-order valence-corrected chi connectivity index (χ4v) is 5.03. The number of hydrogen-bond acceptors (Lipinski definition) is 2. The molecular formula is C19H38N2. The largest absolute Gasteiger partial charge is 0.271 e. The Kier molecular flexibility index (Phi) is 6.14. The average Bonchev–Trinajstić information content (AvgIpc) is 2.48. The molecular weight excluding hydrogens is 256 g/mol. The van der Waals surface area contributed by atoms with Gasteiger partial charge in [-0.3, -0.25) is 11.3 Å². The van der Waals surface area contributed by atoms with E-state index in [1.807, 2.05) is 0 Å². The Hall–Kier alpha value is -0.0800. The monoisotopic (exact) mass is 294 g/mol. The van der Waals surface area contributed by atoms with Gasteiger partial charge in [-0.15, -0.1) is 0 Å². The molecule has 0 spiro atoms. The van der Waals surface area contributed by atoms with Gasteiger partial charge in [0.15, 0.2) is 0 Å². The van der Waals surface area contributed by atoms with Crippen molar-refractivity contribution in [3.63, 3.8) is 0 Å². The quantitative estimate of drug-likeness (QED) is 0.572. The number of rotatable bonds is 4. The third-order valence-electron chi connectivity index (χ3n) is 6.61. The topological polar surface area (TPSA) is 38.0 Å². The van der Waals surface area contributed by atoms with Gasteiger partial charge in [-0.25, -0.2) is 0 Å². The van der Waals surface area contributed by atoms with E-state index in [4.69, 9.17) is 5.84 Å². The summed E-state index contributed by atoms with van der Waals surface area (Å²) in [7, 11) is 0. The van der Waals surface area contributed by atoms with Crippen LogP contribution < -0.4 is 11.3 Å². The predicted molar refractivity (Wildman–Crippen MR) is 91.8 cm³/mol.